The van der Waals surface area contributed by atoms with Gasteiger partial charge in [0.2, 0.25) is 0 Å². The third-order valence-corrected chi connectivity index (χ3v) is 4.54. The standard InChI is InChI=1S/C13H18Cl2OS/c1-3-13(4-2,9-17)8-16-12-10(14)6-5-7-11(12)15/h5-7,17H,3-4,8-9H2,1-2H3. The van der Waals surface area contributed by atoms with Crippen LogP contribution in [0.15, 0.2) is 18.2 Å². The summed E-state index contributed by atoms with van der Waals surface area (Å²) in [6, 6.07) is 5.37. The molecular formula is C13H18Cl2OS. The van der Waals surface area contributed by atoms with Gasteiger partial charge in [-0.1, -0.05) is 43.1 Å². The molecule has 0 spiro atoms. The molecule has 1 aromatic carbocycles. The molecule has 0 bridgehead atoms. The Morgan fingerprint density at radius 2 is 1.71 bits per heavy atom. The minimum atomic E-state index is 0.0889. The van der Waals surface area contributed by atoms with Crippen molar-refractivity contribution in [1.82, 2.24) is 0 Å². The van der Waals surface area contributed by atoms with E-state index in [1.165, 1.54) is 0 Å². The second kappa shape index (κ2) is 6.77. The number of para-hydroxylation sites is 1. The van der Waals surface area contributed by atoms with Gasteiger partial charge in [-0.25, -0.2) is 0 Å². The van der Waals surface area contributed by atoms with E-state index in [0.717, 1.165) is 18.6 Å². The average molecular weight is 293 g/mol. The molecule has 0 aliphatic carbocycles. The predicted octanol–water partition coefficient (Wildman–Crippen LogP) is 5.11. The molecule has 0 saturated carbocycles. The highest BCUT2D eigenvalue weighted by atomic mass is 35.5. The van der Waals surface area contributed by atoms with Crippen LogP contribution < -0.4 is 4.74 Å². The SMILES string of the molecule is CCC(CC)(CS)COc1c(Cl)cccc1Cl. The zero-order valence-electron chi connectivity index (χ0n) is 10.2. The fraction of sp³-hybridized carbons (Fsp3) is 0.538. The fourth-order valence-electron chi connectivity index (χ4n) is 1.57. The van der Waals surface area contributed by atoms with Crippen LogP contribution in [-0.2, 0) is 0 Å². The molecule has 0 unspecified atom stereocenters. The number of benzene rings is 1. The molecule has 0 aliphatic heterocycles. The van der Waals surface area contributed by atoms with E-state index in [-0.39, 0.29) is 5.41 Å². The molecule has 4 heteroatoms. The van der Waals surface area contributed by atoms with Gasteiger partial charge >= 0.3 is 0 Å². The predicted molar refractivity (Wildman–Crippen MR) is 78.8 cm³/mol. The van der Waals surface area contributed by atoms with E-state index in [1.54, 1.807) is 12.1 Å². The lowest BCUT2D eigenvalue weighted by Crippen LogP contribution is -2.29. The Morgan fingerprint density at radius 1 is 1.18 bits per heavy atom. The largest absolute Gasteiger partial charge is 0.490 e. The van der Waals surface area contributed by atoms with E-state index in [1.807, 2.05) is 6.07 Å². The van der Waals surface area contributed by atoms with Crippen LogP contribution in [0.4, 0.5) is 0 Å². The Balaban J connectivity index is 2.79. The molecule has 0 aromatic heterocycles. The molecule has 1 aromatic rings. The van der Waals surface area contributed by atoms with Crippen LogP contribution in [0, 0.1) is 5.41 Å². The summed E-state index contributed by atoms with van der Waals surface area (Å²) in [7, 11) is 0. The van der Waals surface area contributed by atoms with E-state index >= 15 is 0 Å². The summed E-state index contributed by atoms with van der Waals surface area (Å²) in [6.07, 6.45) is 2.05. The lowest BCUT2D eigenvalue weighted by molar-refractivity contribution is 0.157. The van der Waals surface area contributed by atoms with Crippen molar-refractivity contribution in [1.29, 1.82) is 0 Å². The first-order valence-corrected chi connectivity index (χ1v) is 7.15. The van der Waals surface area contributed by atoms with Crippen LogP contribution in [0.1, 0.15) is 26.7 Å². The molecule has 0 fully saturated rings. The fourth-order valence-corrected chi connectivity index (χ4v) is 2.61. The van der Waals surface area contributed by atoms with E-state index in [2.05, 4.69) is 26.5 Å². The maximum atomic E-state index is 6.06. The monoisotopic (exact) mass is 292 g/mol. The topological polar surface area (TPSA) is 9.23 Å². The van der Waals surface area contributed by atoms with Gasteiger partial charge in [-0.15, -0.1) is 0 Å². The van der Waals surface area contributed by atoms with Crippen molar-refractivity contribution < 1.29 is 4.74 Å². The molecule has 0 heterocycles. The Labute approximate surface area is 119 Å². The minimum absolute atomic E-state index is 0.0889. The van der Waals surface area contributed by atoms with Crippen molar-refractivity contribution in [3.63, 3.8) is 0 Å². The van der Waals surface area contributed by atoms with Gasteiger partial charge in [0.05, 0.1) is 16.7 Å². The van der Waals surface area contributed by atoms with E-state index in [4.69, 9.17) is 27.9 Å². The molecule has 0 aliphatic rings. The van der Waals surface area contributed by atoms with Gasteiger partial charge in [0.1, 0.15) is 0 Å². The molecule has 0 saturated heterocycles. The van der Waals surface area contributed by atoms with Crippen molar-refractivity contribution in [2.24, 2.45) is 5.41 Å². The molecule has 0 atom stereocenters. The molecule has 0 amide bonds. The molecular weight excluding hydrogens is 275 g/mol. The highest BCUT2D eigenvalue weighted by molar-refractivity contribution is 7.80. The zero-order valence-corrected chi connectivity index (χ0v) is 12.6. The van der Waals surface area contributed by atoms with Gasteiger partial charge in [-0.3, -0.25) is 0 Å². The molecule has 96 valence electrons. The Bertz CT molecular complexity index is 336. The summed E-state index contributed by atoms with van der Waals surface area (Å²) in [5.41, 5.74) is 0.0889. The first-order valence-electron chi connectivity index (χ1n) is 5.76. The van der Waals surface area contributed by atoms with Gasteiger partial charge in [0.15, 0.2) is 5.75 Å². The van der Waals surface area contributed by atoms with Crippen molar-refractivity contribution >= 4 is 35.8 Å². The Kier molecular flexibility index (Phi) is 5.98. The summed E-state index contributed by atoms with van der Waals surface area (Å²) in [4.78, 5) is 0. The van der Waals surface area contributed by atoms with Crippen LogP contribution in [0.2, 0.25) is 10.0 Å². The number of thiol groups is 1. The van der Waals surface area contributed by atoms with Gasteiger partial charge in [0, 0.05) is 5.41 Å². The zero-order chi connectivity index (χ0) is 12.9. The van der Waals surface area contributed by atoms with Crippen LogP contribution in [-0.4, -0.2) is 12.4 Å². The summed E-state index contributed by atoms with van der Waals surface area (Å²) in [6.45, 7) is 4.89. The third kappa shape index (κ3) is 3.70. The second-order valence-corrected chi connectivity index (χ2v) is 5.34. The molecule has 17 heavy (non-hydrogen) atoms. The molecule has 1 nitrogen and oxygen atoms in total. The molecule has 0 radical (unpaired) electrons. The smallest absolute Gasteiger partial charge is 0.156 e. The van der Waals surface area contributed by atoms with Crippen LogP contribution in [0.25, 0.3) is 0 Å². The van der Waals surface area contributed by atoms with Gasteiger partial charge in [-0.05, 0) is 30.7 Å². The summed E-state index contributed by atoms with van der Waals surface area (Å²) >= 11 is 16.5. The summed E-state index contributed by atoms with van der Waals surface area (Å²) in [5, 5.41) is 1.11. The van der Waals surface area contributed by atoms with Crippen molar-refractivity contribution in [3.8, 4) is 5.75 Å². The van der Waals surface area contributed by atoms with Gasteiger partial charge in [-0.2, -0.15) is 12.6 Å². The maximum absolute atomic E-state index is 6.06. The lowest BCUT2D eigenvalue weighted by atomic mass is 9.85. The quantitative estimate of drug-likeness (QED) is 0.717. The third-order valence-electron chi connectivity index (χ3n) is 3.28. The Morgan fingerprint density at radius 3 is 2.12 bits per heavy atom. The maximum Gasteiger partial charge on any atom is 0.156 e. The summed E-state index contributed by atoms with van der Waals surface area (Å²) in [5.74, 6) is 1.37. The van der Waals surface area contributed by atoms with Crippen LogP contribution >= 0.6 is 35.8 Å². The molecule has 0 N–H and O–H groups in total. The highest BCUT2D eigenvalue weighted by Gasteiger charge is 2.26. The van der Waals surface area contributed by atoms with Crippen LogP contribution in [0.5, 0.6) is 5.75 Å². The number of hydrogen-bond acceptors (Lipinski definition) is 2. The minimum Gasteiger partial charge on any atom is -0.490 e. The Hall–Kier alpha value is -0.0500. The van der Waals surface area contributed by atoms with E-state index in [9.17, 15) is 0 Å². The normalized spacial score (nSPS) is 11.6. The average Bonchev–Trinajstić information content (AvgIpc) is 2.34. The number of hydrogen-bond donors (Lipinski definition) is 1. The van der Waals surface area contributed by atoms with Crippen molar-refractivity contribution in [2.75, 3.05) is 12.4 Å². The highest BCUT2D eigenvalue weighted by Crippen LogP contribution is 2.35. The first kappa shape index (κ1) is 15.0. The van der Waals surface area contributed by atoms with Gasteiger partial charge < -0.3 is 4.74 Å². The van der Waals surface area contributed by atoms with E-state index < -0.39 is 0 Å². The van der Waals surface area contributed by atoms with E-state index in [0.29, 0.717) is 22.4 Å². The number of ether oxygens (including phenoxy) is 1. The second-order valence-electron chi connectivity index (χ2n) is 4.20. The van der Waals surface area contributed by atoms with Crippen molar-refractivity contribution in [2.45, 2.75) is 26.7 Å². The summed E-state index contributed by atoms with van der Waals surface area (Å²) < 4.78 is 5.79. The van der Waals surface area contributed by atoms with Crippen LogP contribution in [0.3, 0.4) is 0 Å². The number of halogens is 2. The number of rotatable bonds is 6. The molecule has 1 rings (SSSR count). The van der Waals surface area contributed by atoms with Gasteiger partial charge in [0.25, 0.3) is 0 Å². The first-order chi connectivity index (χ1) is 8.08. The lowest BCUT2D eigenvalue weighted by Gasteiger charge is -2.29. The van der Waals surface area contributed by atoms with Crippen molar-refractivity contribution in [3.05, 3.63) is 28.2 Å².